The molecule has 27 heavy (non-hydrogen) atoms. The minimum atomic E-state index is 0.254. The largest absolute Gasteiger partial charge is 0.355 e. The molecule has 1 aromatic carbocycles. The molecule has 0 saturated carbocycles. The van der Waals surface area contributed by atoms with Crippen LogP contribution in [0.25, 0.3) is 0 Å². The Bertz CT molecular complexity index is 886. The normalized spacial score (nSPS) is 19.2. The van der Waals surface area contributed by atoms with E-state index in [2.05, 4.69) is 60.9 Å². The molecule has 0 atom stereocenters. The van der Waals surface area contributed by atoms with Crippen LogP contribution in [-0.4, -0.2) is 34.5 Å². The number of rotatable bonds is 3. The van der Waals surface area contributed by atoms with Gasteiger partial charge in [-0.1, -0.05) is 24.3 Å². The molecule has 0 unspecified atom stereocenters. The van der Waals surface area contributed by atoms with Crippen LogP contribution in [0.1, 0.15) is 29.5 Å². The summed E-state index contributed by atoms with van der Waals surface area (Å²) in [6.45, 7) is 5.34. The van der Waals surface area contributed by atoms with Gasteiger partial charge in [-0.3, -0.25) is 9.88 Å². The molecule has 4 heterocycles. The zero-order valence-corrected chi connectivity index (χ0v) is 16.2. The van der Waals surface area contributed by atoms with E-state index in [1.165, 1.54) is 24.0 Å². The first kappa shape index (κ1) is 16.9. The summed E-state index contributed by atoms with van der Waals surface area (Å²) < 4.78 is 0. The van der Waals surface area contributed by atoms with Gasteiger partial charge in [0.2, 0.25) is 0 Å². The predicted molar refractivity (Wildman–Crippen MR) is 110 cm³/mol. The van der Waals surface area contributed by atoms with Crippen molar-refractivity contribution in [3.05, 3.63) is 76.4 Å². The fourth-order valence-electron chi connectivity index (χ4n) is 4.78. The molecular formula is C22H24N4S. The standard InChI is InChI=1S/C22H24N4S/c1-2-4-20-19(3-1)15-25(14-18-5-12-27-16-18)17-22(20)6-10-26(11-7-22)21-13-23-8-9-24-21/h1-5,8-9,12-13,16H,6-7,10-11,14-15,17H2. The molecule has 1 saturated heterocycles. The maximum Gasteiger partial charge on any atom is 0.147 e. The van der Waals surface area contributed by atoms with Crippen molar-refractivity contribution in [3.8, 4) is 0 Å². The Hall–Kier alpha value is -2.24. The number of piperidine rings is 1. The smallest absolute Gasteiger partial charge is 0.147 e. The summed E-state index contributed by atoms with van der Waals surface area (Å²) in [6, 6.07) is 11.4. The van der Waals surface area contributed by atoms with Gasteiger partial charge in [-0.15, -0.1) is 0 Å². The fraction of sp³-hybridized carbons (Fsp3) is 0.364. The van der Waals surface area contributed by atoms with E-state index in [0.29, 0.717) is 0 Å². The minimum absolute atomic E-state index is 0.254. The van der Waals surface area contributed by atoms with Gasteiger partial charge in [-0.25, -0.2) is 4.98 Å². The third-order valence-corrected chi connectivity index (χ3v) is 6.82. The first-order valence-corrected chi connectivity index (χ1v) is 10.6. The summed E-state index contributed by atoms with van der Waals surface area (Å²) in [5.41, 5.74) is 4.77. The van der Waals surface area contributed by atoms with Crippen molar-refractivity contribution >= 4 is 17.2 Å². The Morgan fingerprint density at radius 2 is 1.96 bits per heavy atom. The van der Waals surface area contributed by atoms with Crippen LogP contribution in [0.3, 0.4) is 0 Å². The topological polar surface area (TPSA) is 32.3 Å². The summed E-state index contributed by atoms with van der Waals surface area (Å²) in [6.07, 6.45) is 7.75. The van der Waals surface area contributed by atoms with Gasteiger partial charge >= 0.3 is 0 Å². The summed E-state index contributed by atoms with van der Waals surface area (Å²) >= 11 is 1.79. The maximum absolute atomic E-state index is 4.50. The predicted octanol–water partition coefficient (Wildman–Crippen LogP) is 4.09. The van der Waals surface area contributed by atoms with E-state index in [9.17, 15) is 0 Å². The monoisotopic (exact) mass is 376 g/mol. The molecule has 0 bridgehead atoms. The number of benzene rings is 1. The number of anilines is 1. The first-order chi connectivity index (χ1) is 13.3. The Kier molecular flexibility index (Phi) is 4.42. The highest BCUT2D eigenvalue weighted by molar-refractivity contribution is 7.07. The van der Waals surface area contributed by atoms with E-state index in [0.717, 1.165) is 38.5 Å². The Labute approximate surface area is 164 Å². The molecule has 2 aliphatic rings. The zero-order valence-electron chi connectivity index (χ0n) is 15.4. The lowest BCUT2D eigenvalue weighted by Crippen LogP contribution is -2.52. The second kappa shape index (κ2) is 7.06. The lowest BCUT2D eigenvalue weighted by atomic mass is 9.69. The molecule has 2 aromatic heterocycles. The molecule has 5 heteroatoms. The fourth-order valence-corrected chi connectivity index (χ4v) is 5.44. The number of thiophene rings is 1. The number of fused-ring (bicyclic) bond motifs is 2. The summed E-state index contributed by atoms with van der Waals surface area (Å²) in [5.74, 6) is 1.01. The van der Waals surface area contributed by atoms with Crippen LogP contribution in [0.5, 0.6) is 0 Å². The van der Waals surface area contributed by atoms with Crippen molar-refractivity contribution in [2.24, 2.45) is 0 Å². The highest BCUT2D eigenvalue weighted by atomic mass is 32.1. The van der Waals surface area contributed by atoms with Gasteiger partial charge in [0, 0.05) is 50.5 Å². The molecule has 3 aromatic rings. The van der Waals surface area contributed by atoms with Crippen LogP contribution in [0, 0.1) is 0 Å². The molecule has 0 N–H and O–H groups in total. The van der Waals surface area contributed by atoms with Crippen LogP contribution in [0.4, 0.5) is 5.82 Å². The first-order valence-electron chi connectivity index (χ1n) is 9.65. The molecule has 2 aliphatic heterocycles. The van der Waals surface area contributed by atoms with Gasteiger partial charge in [-0.2, -0.15) is 11.3 Å². The molecule has 4 nitrogen and oxygen atoms in total. The average molecular weight is 377 g/mol. The molecule has 0 radical (unpaired) electrons. The molecule has 0 amide bonds. The van der Waals surface area contributed by atoms with E-state index in [-0.39, 0.29) is 5.41 Å². The van der Waals surface area contributed by atoms with Gasteiger partial charge in [0.1, 0.15) is 5.82 Å². The Morgan fingerprint density at radius 3 is 2.74 bits per heavy atom. The van der Waals surface area contributed by atoms with Crippen molar-refractivity contribution in [2.75, 3.05) is 24.5 Å². The quantitative estimate of drug-likeness (QED) is 0.689. The maximum atomic E-state index is 4.50. The number of hydrogen-bond acceptors (Lipinski definition) is 5. The summed E-state index contributed by atoms with van der Waals surface area (Å²) in [5, 5.41) is 4.46. The Morgan fingerprint density at radius 1 is 1.07 bits per heavy atom. The number of aromatic nitrogens is 2. The van der Waals surface area contributed by atoms with E-state index >= 15 is 0 Å². The molecule has 1 spiro atoms. The van der Waals surface area contributed by atoms with Gasteiger partial charge < -0.3 is 4.90 Å². The van der Waals surface area contributed by atoms with Gasteiger partial charge in [-0.05, 0) is 46.4 Å². The Balaban J connectivity index is 1.40. The number of hydrogen-bond donors (Lipinski definition) is 0. The zero-order chi connectivity index (χ0) is 18.1. The van der Waals surface area contributed by atoms with Crippen molar-refractivity contribution in [3.63, 3.8) is 0 Å². The number of nitrogens with zero attached hydrogens (tertiary/aromatic N) is 4. The SMILES string of the molecule is c1ccc2c(c1)CN(Cc1ccsc1)CC21CCN(c2cnccn2)CC1. The van der Waals surface area contributed by atoms with E-state index in [1.54, 1.807) is 29.3 Å². The van der Waals surface area contributed by atoms with E-state index in [1.807, 2.05) is 6.20 Å². The average Bonchev–Trinajstić information content (AvgIpc) is 3.22. The van der Waals surface area contributed by atoms with Crippen LogP contribution in [0.2, 0.25) is 0 Å². The molecule has 5 rings (SSSR count). The minimum Gasteiger partial charge on any atom is -0.355 e. The second-order valence-electron chi connectivity index (χ2n) is 7.76. The van der Waals surface area contributed by atoms with Gasteiger partial charge in [0.25, 0.3) is 0 Å². The van der Waals surface area contributed by atoms with E-state index < -0.39 is 0 Å². The van der Waals surface area contributed by atoms with Crippen molar-refractivity contribution in [2.45, 2.75) is 31.3 Å². The van der Waals surface area contributed by atoms with Crippen LogP contribution >= 0.6 is 11.3 Å². The second-order valence-corrected chi connectivity index (χ2v) is 8.54. The highest BCUT2D eigenvalue weighted by Gasteiger charge is 2.42. The highest BCUT2D eigenvalue weighted by Crippen LogP contribution is 2.42. The van der Waals surface area contributed by atoms with Crippen molar-refractivity contribution in [1.29, 1.82) is 0 Å². The van der Waals surface area contributed by atoms with Crippen LogP contribution < -0.4 is 4.90 Å². The van der Waals surface area contributed by atoms with Gasteiger partial charge in [0.15, 0.2) is 0 Å². The van der Waals surface area contributed by atoms with Gasteiger partial charge in [0.05, 0.1) is 6.20 Å². The molecular weight excluding hydrogens is 352 g/mol. The molecule has 0 aliphatic carbocycles. The molecule has 138 valence electrons. The van der Waals surface area contributed by atoms with E-state index in [4.69, 9.17) is 0 Å². The van der Waals surface area contributed by atoms with Crippen molar-refractivity contribution in [1.82, 2.24) is 14.9 Å². The van der Waals surface area contributed by atoms with Crippen LogP contribution in [-0.2, 0) is 18.5 Å². The van der Waals surface area contributed by atoms with Crippen molar-refractivity contribution < 1.29 is 0 Å². The third-order valence-electron chi connectivity index (χ3n) is 6.09. The summed E-state index contributed by atoms with van der Waals surface area (Å²) in [7, 11) is 0. The third kappa shape index (κ3) is 3.26. The molecule has 1 fully saturated rings. The summed E-state index contributed by atoms with van der Waals surface area (Å²) in [4.78, 5) is 13.8. The lowest BCUT2D eigenvalue weighted by Gasteiger charge is -2.49. The van der Waals surface area contributed by atoms with Crippen LogP contribution in [0.15, 0.2) is 59.7 Å². The lowest BCUT2D eigenvalue weighted by molar-refractivity contribution is 0.146.